The number of quaternary nitrogens is 1. The van der Waals surface area contributed by atoms with Crippen LogP contribution in [0.15, 0.2) is 41.2 Å². The summed E-state index contributed by atoms with van der Waals surface area (Å²) in [6.45, 7) is 6.03. The molecule has 8 heteroatoms. The minimum atomic E-state index is -0.420. The number of amides is 2. The molecule has 0 saturated carbocycles. The summed E-state index contributed by atoms with van der Waals surface area (Å²) in [7, 11) is 0. The Morgan fingerprint density at radius 1 is 1.06 bits per heavy atom. The number of nitrogens with zero attached hydrogens (tertiary/aromatic N) is 2. The Bertz CT molecular complexity index is 1120. The highest BCUT2D eigenvalue weighted by molar-refractivity contribution is 6.04. The Morgan fingerprint density at radius 3 is 2.48 bits per heavy atom. The molecule has 0 aliphatic carbocycles. The van der Waals surface area contributed by atoms with E-state index in [4.69, 9.17) is 0 Å². The van der Waals surface area contributed by atoms with Crippen molar-refractivity contribution < 1.29 is 18.9 Å². The van der Waals surface area contributed by atoms with Crippen LogP contribution >= 0.6 is 0 Å². The van der Waals surface area contributed by atoms with Crippen LogP contribution in [0.1, 0.15) is 48.2 Å². The molecule has 3 aliphatic rings. The first kappa shape index (κ1) is 21.8. The van der Waals surface area contributed by atoms with Crippen molar-refractivity contribution in [2.75, 3.05) is 31.5 Å². The van der Waals surface area contributed by atoms with E-state index >= 15 is 0 Å². The van der Waals surface area contributed by atoms with Crippen molar-refractivity contribution in [2.24, 2.45) is 5.92 Å². The number of fused-ring (bicyclic) bond motifs is 4. The zero-order valence-corrected chi connectivity index (χ0v) is 18.9. The highest BCUT2D eigenvalue weighted by Crippen LogP contribution is 2.31. The Balaban J connectivity index is 1.30. The summed E-state index contributed by atoms with van der Waals surface area (Å²) in [5, 5.41) is 2.70. The Labute approximate surface area is 192 Å². The fraction of sp³-hybridized carbons (Fsp3) is 0.480. The molecule has 0 spiro atoms. The number of halogens is 1. The van der Waals surface area contributed by atoms with Gasteiger partial charge in [0.15, 0.2) is 0 Å². The number of pyridine rings is 1. The van der Waals surface area contributed by atoms with E-state index in [1.165, 1.54) is 24.3 Å². The van der Waals surface area contributed by atoms with Crippen LogP contribution in [-0.4, -0.2) is 53.5 Å². The number of hydrogen-bond acceptors (Lipinski definition) is 3. The molecule has 3 aliphatic heterocycles. The first-order valence-electron chi connectivity index (χ1n) is 11.8. The molecule has 174 valence electrons. The summed E-state index contributed by atoms with van der Waals surface area (Å²) >= 11 is 0. The molecule has 2 amide bonds. The fourth-order valence-electron chi connectivity index (χ4n) is 5.93. The van der Waals surface area contributed by atoms with Crippen molar-refractivity contribution in [1.82, 2.24) is 9.47 Å². The van der Waals surface area contributed by atoms with Gasteiger partial charge in [-0.05, 0) is 42.8 Å². The molecule has 1 aromatic carbocycles. The Morgan fingerprint density at radius 2 is 1.79 bits per heavy atom. The number of nitrogens with one attached hydrogen (secondary N) is 2. The van der Waals surface area contributed by atoms with Crippen LogP contribution in [0.2, 0.25) is 0 Å². The van der Waals surface area contributed by atoms with E-state index in [0.29, 0.717) is 30.0 Å². The second-order valence-corrected chi connectivity index (χ2v) is 9.69. The zero-order chi connectivity index (χ0) is 23.1. The summed E-state index contributed by atoms with van der Waals surface area (Å²) in [6, 6.07) is 9.52. The minimum Gasteiger partial charge on any atom is -0.342 e. The van der Waals surface area contributed by atoms with Crippen molar-refractivity contribution in [3.05, 3.63) is 63.8 Å². The van der Waals surface area contributed by atoms with E-state index in [9.17, 15) is 18.8 Å². The van der Waals surface area contributed by atoms with Crippen molar-refractivity contribution in [2.45, 2.75) is 44.7 Å². The van der Waals surface area contributed by atoms with Gasteiger partial charge in [0.25, 0.3) is 11.5 Å². The normalized spacial score (nSPS) is 24.8. The van der Waals surface area contributed by atoms with Gasteiger partial charge in [-0.3, -0.25) is 14.4 Å². The molecule has 2 bridgehead atoms. The van der Waals surface area contributed by atoms with E-state index in [0.717, 1.165) is 51.1 Å². The summed E-state index contributed by atoms with van der Waals surface area (Å²) < 4.78 is 15.0. The Hall–Kier alpha value is -3.00. The van der Waals surface area contributed by atoms with Gasteiger partial charge in [0, 0.05) is 62.5 Å². The third-order valence-electron chi connectivity index (χ3n) is 7.62. The molecule has 3 atom stereocenters. The lowest BCUT2D eigenvalue weighted by Gasteiger charge is -2.45. The number of anilines is 1. The molecule has 2 saturated heterocycles. The van der Waals surface area contributed by atoms with Gasteiger partial charge >= 0.3 is 0 Å². The first-order chi connectivity index (χ1) is 15.9. The predicted molar refractivity (Wildman–Crippen MR) is 122 cm³/mol. The van der Waals surface area contributed by atoms with E-state index in [1.807, 2.05) is 15.5 Å². The molecular formula is C25H30FN4O3+. The SMILES string of the molecule is CC(=O)N1CCC([NH+]2C[C@@H]3C[C@H](C2)c2ccc(NC(=O)c4ccc(F)cc4)c(=O)n2C3)CC1. The maximum absolute atomic E-state index is 13.2. The van der Waals surface area contributed by atoms with Gasteiger partial charge < -0.3 is 19.7 Å². The van der Waals surface area contributed by atoms with E-state index < -0.39 is 11.7 Å². The highest BCUT2D eigenvalue weighted by Gasteiger charge is 2.41. The zero-order valence-electron chi connectivity index (χ0n) is 18.9. The molecule has 1 unspecified atom stereocenters. The molecule has 4 heterocycles. The quantitative estimate of drug-likeness (QED) is 0.735. The van der Waals surface area contributed by atoms with Crippen LogP contribution in [0.4, 0.5) is 10.1 Å². The first-order valence-corrected chi connectivity index (χ1v) is 11.8. The number of likely N-dealkylation sites (tertiary alicyclic amines) is 2. The second kappa shape index (κ2) is 8.74. The molecule has 2 fully saturated rings. The Kier molecular flexibility index (Phi) is 5.78. The second-order valence-electron chi connectivity index (χ2n) is 9.69. The molecule has 7 nitrogen and oxygen atoms in total. The smallest absolute Gasteiger partial charge is 0.274 e. The number of carbonyl (C=O) groups is 2. The van der Waals surface area contributed by atoms with Crippen LogP contribution in [0, 0.1) is 11.7 Å². The van der Waals surface area contributed by atoms with Gasteiger partial charge in [0.1, 0.15) is 11.5 Å². The lowest BCUT2D eigenvalue weighted by molar-refractivity contribution is -0.937. The van der Waals surface area contributed by atoms with Crippen LogP contribution in [0.3, 0.4) is 0 Å². The van der Waals surface area contributed by atoms with Gasteiger partial charge in [-0.25, -0.2) is 4.39 Å². The highest BCUT2D eigenvalue weighted by atomic mass is 19.1. The molecule has 33 heavy (non-hydrogen) atoms. The molecule has 0 radical (unpaired) electrons. The van der Waals surface area contributed by atoms with E-state index in [-0.39, 0.29) is 17.2 Å². The van der Waals surface area contributed by atoms with Gasteiger partial charge in [0.2, 0.25) is 5.91 Å². The lowest BCUT2D eigenvalue weighted by Crippen LogP contribution is -3.18. The van der Waals surface area contributed by atoms with Crippen molar-refractivity contribution in [1.29, 1.82) is 0 Å². The summed E-state index contributed by atoms with van der Waals surface area (Å²) in [6.07, 6.45) is 3.17. The summed E-state index contributed by atoms with van der Waals surface area (Å²) in [4.78, 5) is 40.9. The van der Waals surface area contributed by atoms with Crippen molar-refractivity contribution in [3.63, 3.8) is 0 Å². The van der Waals surface area contributed by atoms with Crippen LogP contribution in [0.5, 0.6) is 0 Å². The third kappa shape index (κ3) is 4.31. The van der Waals surface area contributed by atoms with Crippen LogP contribution < -0.4 is 15.8 Å². The molecule has 2 aromatic rings. The van der Waals surface area contributed by atoms with E-state index in [1.54, 1.807) is 17.9 Å². The van der Waals surface area contributed by atoms with Crippen LogP contribution in [-0.2, 0) is 11.3 Å². The van der Waals surface area contributed by atoms with Gasteiger partial charge in [0.05, 0.1) is 19.1 Å². The number of hydrogen-bond donors (Lipinski definition) is 2. The number of piperidine rings is 2. The molecular weight excluding hydrogens is 423 g/mol. The number of benzene rings is 1. The maximum Gasteiger partial charge on any atom is 0.274 e. The summed E-state index contributed by atoms with van der Waals surface area (Å²) in [5.41, 5.74) is 1.45. The average molecular weight is 454 g/mol. The number of aromatic nitrogens is 1. The number of rotatable bonds is 3. The molecule has 5 rings (SSSR count). The summed E-state index contributed by atoms with van der Waals surface area (Å²) in [5.74, 6) is 0.0870. The monoisotopic (exact) mass is 453 g/mol. The maximum atomic E-state index is 13.2. The van der Waals surface area contributed by atoms with E-state index in [2.05, 4.69) is 5.32 Å². The predicted octanol–water partition coefficient (Wildman–Crippen LogP) is 1.25. The van der Waals surface area contributed by atoms with Crippen molar-refractivity contribution in [3.8, 4) is 0 Å². The van der Waals surface area contributed by atoms with Crippen LogP contribution in [0.25, 0.3) is 0 Å². The molecule has 2 N–H and O–H groups in total. The van der Waals surface area contributed by atoms with Crippen molar-refractivity contribution >= 4 is 17.5 Å². The van der Waals surface area contributed by atoms with Gasteiger partial charge in [-0.2, -0.15) is 0 Å². The topological polar surface area (TPSA) is 75.8 Å². The minimum absolute atomic E-state index is 0.162. The van der Waals surface area contributed by atoms with Gasteiger partial charge in [-0.1, -0.05) is 0 Å². The fourth-order valence-corrected chi connectivity index (χ4v) is 5.93. The lowest BCUT2D eigenvalue weighted by atomic mass is 9.82. The molecule has 1 aromatic heterocycles. The standard InChI is InChI=1S/C25H29FN4O3/c1-16(31)28-10-8-21(9-11-28)29-13-17-12-19(15-29)23-7-6-22(25(33)30(23)14-17)27-24(32)18-2-4-20(26)5-3-18/h2-7,17,19,21H,8-15H2,1H3,(H,27,32)/p+1/t17-,19+/m0/s1. The number of carbonyl (C=O) groups excluding carboxylic acids is 2. The van der Waals surface area contributed by atoms with Gasteiger partial charge in [-0.15, -0.1) is 0 Å². The largest absolute Gasteiger partial charge is 0.342 e. The average Bonchev–Trinajstić information content (AvgIpc) is 2.81. The third-order valence-corrected chi connectivity index (χ3v) is 7.62.